The van der Waals surface area contributed by atoms with Crippen LogP contribution in [0.1, 0.15) is 0 Å². The van der Waals surface area contributed by atoms with Gasteiger partial charge in [0.2, 0.25) is 0 Å². The van der Waals surface area contributed by atoms with E-state index in [2.05, 4.69) is 31.5 Å². The Morgan fingerprint density at radius 1 is 1.04 bits per heavy atom. The van der Waals surface area contributed by atoms with Crippen molar-refractivity contribution in [1.29, 1.82) is 0 Å². The van der Waals surface area contributed by atoms with Crippen molar-refractivity contribution in [3.05, 3.63) is 89.3 Å². The Morgan fingerprint density at radius 3 is 2.57 bits per heavy atom. The van der Waals surface area contributed by atoms with Gasteiger partial charge in [0.15, 0.2) is 0 Å². The van der Waals surface area contributed by atoms with Gasteiger partial charge in [-0.05, 0) is 29.7 Å². The summed E-state index contributed by atoms with van der Waals surface area (Å²) in [6.45, 7) is 0. The fraction of sp³-hybridized carbons (Fsp3) is 0. The Morgan fingerprint density at radius 2 is 1.79 bits per heavy atom. The summed E-state index contributed by atoms with van der Waals surface area (Å²) in [6.07, 6.45) is 4.34. The fourth-order valence-electron chi connectivity index (χ4n) is 2.51. The summed E-state index contributed by atoms with van der Waals surface area (Å²) in [5.41, 5.74) is 9.77. The molecule has 0 unspecified atom stereocenters. The quantitative estimate of drug-likeness (QED) is 0.300. The largest absolute Gasteiger partial charge is 2.00 e. The first-order chi connectivity index (χ1) is 13.2. The number of rotatable bonds is 1. The molecule has 0 radical (unpaired) electrons. The van der Waals surface area contributed by atoms with Gasteiger partial charge < -0.3 is 25.9 Å². The molecule has 0 aliphatic rings. The second-order valence-corrected chi connectivity index (χ2v) is 5.57. The van der Waals surface area contributed by atoms with Crippen molar-refractivity contribution in [1.82, 2.24) is 29.9 Å². The third kappa shape index (κ3) is 4.11. The monoisotopic (exact) mass is 593 g/mol. The van der Waals surface area contributed by atoms with E-state index in [0.717, 1.165) is 10.9 Å². The molecule has 0 spiro atoms. The van der Waals surface area contributed by atoms with E-state index in [1.807, 2.05) is 42.5 Å². The molecule has 0 fully saturated rings. The van der Waals surface area contributed by atoms with Gasteiger partial charge in [-0.3, -0.25) is 4.79 Å². The van der Waals surface area contributed by atoms with Crippen LogP contribution in [0.3, 0.4) is 0 Å². The Kier molecular flexibility index (Phi) is 6.19. The van der Waals surface area contributed by atoms with Gasteiger partial charge in [0, 0.05) is 12.4 Å². The molecule has 0 saturated carbocycles. The molecule has 0 aliphatic heterocycles. The molecule has 3 heterocycles. The van der Waals surface area contributed by atoms with Crippen LogP contribution < -0.4 is 5.56 Å². The van der Waals surface area contributed by atoms with E-state index in [0.29, 0.717) is 16.7 Å². The number of hydrogen-bond acceptors (Lipinski definition) is 5. The molecule has 0 atom stereocenters. The van der Waals surface area contributed by atoms with E-state index >= 15 is 0 Å². The number of aromatic nitrogens is 6. The molecular formula is C19H13N7OU. The molecule has 2 aromatic carbocycles. The number of aromatic amines is 1. The van der Waals surface area contributed by atoms with Crippen LogP contribution >= 0.6 is 0 Å². The predicted octanol–water partition coefficient (Wildman–Crippen LogP) is 3.22. The van der Waals surface area contributed by atoms with Crippen molar-refractivity contribution in [2.75, 3.05) is 0 Å². The minimum Gasteiger partial charge on any atom is -0.479 e. The van der Waals surface area contributed by atoms with Gasteiger partial charge in [0.05, 0.1) is 11.2 Å². The van der Waals surface area contributed by atoms with Gasteiger partial charge in [0.25, 0.3) is 5.56 Å². The van der Waals surface area contributed by atoms with E-state index in [4.69, 9.17) is 5.73 Å². The first-order valence-corrected chi connectivity index (χ1v) is 8.05. The van der Waals surface area contributed by atoms with Gasteiger partial charge >= 0.3 is 31.1 Å². The number of H-pyrrole nitrogens is 1. The predicted molar refractivity (Wildman–Crippen MR) is 102 cm³/mol. The minimum absolute atomic E-state index is 0. The molecule has 5 rings (SSSR count). The summed E-state index contributed by atoms with van der Waals surface area (Å²) < 4.78 is 1.26. The van der Waals surface area contributed by atoms with Crippen molar-refractivity contribution in [2.45, 2.75) is 0 Å². The number of nitrogens with zero attached hydrogens (tertiary/aromatic N) is 5. The van der Waals surface area contributed by atoms with Gasteiger partial charge in [-0.15, -0.1) is 17.5 Å². The van der Waals surface area contributed by atoms with E-state index in [1.54, 1.807) is 12.1 Å². The Labute approximate surface area is 183 Å². The first-order valence-electron chi connectivity index (χ1n) is 8.05. The average Bonchev–Trinajstić information content (AvgIpc) is 3.08. The van der Waals surface area contributed by atoms with Crippen LogP contribution in [0.15, 0.2) is 71.8 Å². The van der Waals surface area contributed by atoms with E-state index in [9.17, 15) is 4.79 Å². The summed E-state index contributed by atoms with van der Waals surface area (Å²) >= 11 is 0. The molecular weight excluding hydrogens is 580 g/mol. The maximum atomic E-state index is 11.8. The second-order valence-electron chi connectivity index (χ2n) is 5.57. The summed E-state index contributed by atoms with van der Waals surface area (Å²) in [4.78, 5) is 19.6. The van der Waals surface area contributed by atoms with Crippen LogP contribution in [-0.2, 0) is 0 Å². The standard InChI is InChI=1S/C11H9N5O.C8H5N2.U/c12-11-10-8(13-14-11)6-9(17)16(15-10)7-4-2-1-3-5-7;1-2-4-8-7(3-1)5-9-6-10-8;/h1-6H,(H3,12,13,14,15,17);1-4,6H;/q;-1;+2/p-1. The third-order valence-corrected chi connectivity index (χ3v) is 3.79. The molecule has 2 N–H and O–H groups in total. The summed E-state index contributed by atoms with van der Waals surface area (Å²) in [6, 6.07) is 18.2. The normalized spacial score (nSPS) is 10.1. The molecule has 28 heavy (non-hydrogen) atoms. The zero-order chi connectivity index (χ0) is 18.6. The van der Waals surface area contributed by atoms with Gasteiger partial charge in [0.1, 0.15) is 5.52 Å². The molecule has 5 aromatic rings. The maximum absolute atomic E-state index is 11.8. The van der Waals surface area contributed by atoms with Gasteiger partial charge in [-0.25, -0.2) is 0 Å². The zero-order valence-corrected chi connectivity index (χ0v) is 18.7. The van der Waals surface area contributed by atoms with Crippen molar-refractivity contribution >= 4 is 27.8 Å². The molecule has 134 valence electrons. The molecule has 0 aliphatic carbocycles. The second kappa shape index (κ2) is 8.78. The number of benzene rings is 2. The van der Waals surface area contributed by atoms with Crippen molar-refractivity contribution in [3.8, 4) is 5.69 Å². The van der Waals surface area contributed by atoms with E-state index in [-0.39, 0.29) is 42.5 Å². The van der Waals surface area contributed by atoms with Crippen LogP contribution in [0.2, 0.25) is 0 Å². The van der Waals surface area contributed by atoms with E-state index < -0.39 is 0 Å². The SMILES string of the molecule is [NH-]c1n[nH]c2cc(=O)n(-c3ccccc3)nc12.[U+2].[c-]1ncnc2ccccc12. The van der Waals surface area contributed by atoms with Crippen molar-refractivity contribution < 1.29 is 31.1 Å². The zero-order valence-electron chi connectivity index (χ0n) is 14.5. The smallest absolute Gasteiger partial charge is 0.479 e. The van der Waals surface area contributed by atoms with Crippen LogP contribution in [0.25, 0.3) is 33.4 Å². The molecule has 0 saturated heterocycles. The van der Waals surface area contributed by atoms with Gasteiger partial charge in [-0.2, -0.15) is 9.78 Å². The Hall–Kier alpha value is -3.02. The van der Waals surface area contributed by atoms with Gasteiger partial charge in [-0.1, -0.05) is 30.3 Å². The number of hydrogen-bond donors (Lipinski definition) is 1. The van der Waals surface area contributed by atoms with Crippen LogP contribution in [0, 0.1) is 37.3 Å². The Balaban J connectivity index is 0.000000175. The number of para-hydroxylation sites is 2. The van der Waals surface area contributed by atoms with Crippen LogP contribution in [-0.4, -0.2) is 29.9 Å². The summed E-state index contributed by atoms with van der Waals surface area (Å²) in [5, 5.41) is 11.4. The summed E-state index contributed by atoms with van der Waals surface area (Å²) in [7, 11) is 0. The minimum atomic E-state index is -0.257. The maximum Gasteiger partial charge on any atom is 2.00 e. The Bertz CT molecular complexity index is 1200. The topological polar surface area (TPSA) is 113 Å². The molecule has 0 amide bonds. The molecule has 0 bridgehead atoms. The van der Waals surface area contributed by atoms with Crippen LogP contribution in [0.5, 0.6) is 0 Å². The van der Waals surface area contributed by atoms with E-state index in [1.165, 1.54) is 17.1 Å². The van der Waals surface area contributed by atoms with Crippen molar-refractivity contribution in [2.24, 2.45) is 0 Å². The fourth-order valence-corrected chi connectivity index (χ4v) is 2.51. The molecule has 8 nitrogen and oxygen atoms in total. The molecule has 9 heteroatoms. The third-order valence-electron chi connectivity index (χ3n) is 3.79. The first kappa shape index (κ1) is 19.7. The summed E-state index contributed by atoms with van der Waals surface area (Å²) in [5.74, 6) is 0.0321. The van der Waals surface area contributed by atoms with Crippen LogP contribution in [0.4, 0.5) is 5.82 Å². The number of nitrogens with one attached hydrogen (secondary N) is 2. The number of fused-ring (bicyclic) bond motifs is 2. The molecule has 3 aromatic heterocycles. The van der Waals surface area contributed by atoms with Crippen molar-refractivity contribution in [3.63, 3.8) is 0 Å². The average molecular weight is 593 g/mol.